The fourth-order valence-electron chi connectivity index (χ4n) is 2.62. The maximum Gasteiger partial charge on any atom is 0.0743 e. The maximum absolute atomic E-state index is 6.33. The highest BCUT2D eigenvalue weighted by molar-refractivity contribution is 5.25. The van der Waals surface area contributed by atoms with Crippen LogP contribution in [0.3, 0.4) is 0 Å². The van der Waals surface area contributed by atoms with E-state index < -0.39 is 0 Å². The molecule has 21 heavy (non-hydrogen) atoms. The molecule has 3 atom stereocenters. The van der Waals surface area contributed by atoms with Gasteiger partial charge in [0.1, 0.15) is 0 Å². The monoisotopic (exact) mass is 291 g/mol. The molecule has 0 aliphatic heterocycles. The molecule has 2 nitrogen and oxygen atoms in total. The molecule has 0 saturated carbocycles. The molecular formula is C19H33NO. The predicted octanol–water partition coefficient (Wildman–Crippen LogP) is 5.01. The Morgan fingerprint density at radius 1 is 1.00 bits per heavy atom. The van der Waals surface area contributed by atoms with Gasteiger partial charge in [0.25, 0.3) is 0 Å². The third-order valence-electron chi connectivity index (χ3n) is 4.19. The van der Waals surface area contributed by atoms with Crippen LogP contribution in [0.2, 0.25) is 0 Å². The highest BCUT2D eigenvalue weighted by atomic mass is 16.5. The lowest BCUT2D eigenvalue weighted by molar-refractivity contribution is -0.0105. The first kappa shape index (κ1) is 18.2. The van der Waals surface area contributed by atoms with Gasteiger partial charge in [0.05, 0.1) is 18.2 Å². The number of rotatable bonds is 10. The van der Waals surface area contributed by atoms with Crippen molar-refractivity contribution in [3.8, 4) is 0 Å². The molecule has 0 spiro atoms. The molecule has 2 N–H and O–H groups in total. The summed E-state index contributed by atoms with van der Waals surface area (Å²) in [7, 11) is 0. The predicted molar refractivity (Wildman–Crippen MR) is 91.5 cm³/mol. The van der Waals surface area contributed by atoms with Crippen LogP contribution in [0.4, 0.5) is 0 Å². The van der Waals surface area contributed by atoms with Crippen molar-refractivity contribution in [2.24, 2.45) is 5.73 Å². The van der Waals surface area contributed by atoms with Crippen LogP contribution >= 0.6 is 0 Å². The number of unbranched alkanes of at least 4 members (excludes halogenated alkanes) is 3. The summed E-state index contributed by atoms with van der Waals surface area (Å²) in [6.07, 6.45) is 7.71. The summed E-state index contributed by atoms with van der Waals surface area (Å²) in [5, 5.41) is 0. The van der Waals surface area contributed by atoms with Crippen molar-refractivity contribution < 1.29 is 4.74 Å². The fourth-order valence-corrected chi connectivity index (χ4v) is 2.62. The second-order valence-electron chi connectivity index (χ2n) is 6.12. The Bertz CT molecular complexity index is 374. The molecule has 0 aliphatic rings. The summed E-state index contributed by atoms with van der Waals surface area (Å²) in [5.41, 5.74) is 8.85. The lowest BCUT2D eigenvalue weighted by Gasteiger charge is -2.25. The lowest BCUT2D eigenvalue weighted by Crippen LogP contribution is -2.29. The molecule has 0 radical (unpaired) electrons. The van der Waals surface area contributed by atoms with Crippen molar-refractivity contribution in [3.63, 3.8) is 0 Å². The van der Waals surface area contributed by atoms with Crippen LogP contribution in [0.15, 0.2) is 24.3 Å². The normalized spacial score (nSPS) is 15.7. The summed E-state index contributed by atoms with van der Waals surface area (Å²) in [4.78, 5) is 0. The largest absolute Gasteiger partial charge is 0.374 e. The van der Waals surface area contributed by atoms with Gasteiger partial charge in [0.15, 0.2) is 0 Å². The van der Waals surface area contributed by atoms with Crippen LogP contribution in [0.5, 0.6) is 0 Å². The number of hydrogen-bond donors (Lipinski definition) is 1. The van der Waals surface area contributed by atoms with E-state index in [1.165, 1.54) is 31.2 Å². The SMILES string of the molecule is CCCCCCC(C)OC(C)C(N)c1ccc(CC)cc1. The van der Waals surface area contributed by atoms with E-state index in [1.54, 1.807) is 0 Å². The van der Waals surface area contributed by atoms with Gasteiger partial charge in [0, 0.05) is 0 Å². The van der Waals surface area contributed by atoms with Gasteiger partial charge in [-0.15, -0.1) is 0 Å². The second-order valence-corrected chi connectivity index (χ2v) is 6.12. The van der Waals surface area contributed by atoms with Crippen molar-refractivity contribution >= 4 is 0 Å². The van der Waals surface area contributed by atoms with E-state index in [4.69, 9.17) is 10.5 Å². The molecule has 2 heteroatoms. The molecule has 0 saturated heterocycles. The average molecular weight is 291 g/mol. The Morgan fingerprint density at radius 3 is 2.24 bits per heavy atom. The summed E-state index contributed by atoms with van der Waals surface area (Å²) >= 11 is 0. The Balaban J connectivity index is 2.40. The molecule has 1 aromatic carbocycles. The maximum atomic E-state index is 6.33. The zero-order chi connectivity index (χ0) is 15.7. The van der Waals surface area contributed by atoms with Crippen molar-refractivity contribution in [2.75, 3.05) is 0 Å². The number of aryl methyl sites for hydroxylation is 1. The quantitative estimate of drug-likeness (QED) is 0.615. The van der Waals surface area contributed by atoms with Crippen molar-refractivity contribution in [2.45, 2.75) is 84.5 Å². The van der Waals surface area contributed by atoms with Gasteiger partial charge in [-0.1, -0.05) is 63.8 Å². The molecule has 1 aromatic rings. The van der Waals surface area contributed by atoms with E-state index in [1.807, 2.05) is 0 Å². The van der Waals surface area contributed by atoms with E-state index in [2.05, 4.69) is 52.0 Å². The zero-order valence-corrected chi connectivity index (χ0v) is 14.3. The molecular weight excluding hydrogens is 258 g/mol. The minimum atomic E-state index is -0.0472. The van der Waals surface area contributed by atoms with E-state index in [-0.39, 0.29) is 18.2 Å². The Hall–Kier alpha value is -0.860. The highest BCUT2D eigenvalue weighted by Crippen LogP contribution is 2.20. The molecule has 0 heterocycles. The van der Waals surface area contributed by atoms with Crippen LogP contribution in [0.1, 0.15) is 77.0 Å². The van der Waals surface area contributed by atoms with Crippen LogP contribution in [0, 0.1) is 0 Å². The summed E-state index contributed by atoms with van der Waals surface area (Å²) in [6, 6.07) is 8.55. The van der Waals surface area contributed by atoms with Crippen molar-refractivity contribution in [3.05, 3.63) is 35.4 Å². The molecule has 0 fully saturated rings. The van der Waals surface area contributed by atoms with Crippen molar-refractivity contribution in [1.29, 1.82) is 0 Å². The van der Waals surface area contributed by atoms with Gasteiger partial charge in [0.2, 0.25) is 0 Å². The van der Waals surface area contributed by atoms with Crippen LogP contribution in [0.25, 0.3) is 0 Å². The van der Waals surface area contributed by atoms with E-state index >= 15 is 0 Å². The summed E-state index contributed by atoms with van der Waals surface area (Å²) in [5.74, 6) is 0. The molecule has 0 amide bonds. The van der Waals surface area contributed by atoms with Gasteiger partial charge >= 0.3 is 0 Å². The molecule has 0 bridgehead atoms. The number of hydrogen-bond acceptors (Lipinski definition) is 2. The summed E-state index contributed by atoms with van der Waals surface area (Å²) < 4.78 is 6.08. The first-order valence-corrected chi connectivity index (χ1v) is 8.58. The third kappa shape index (κ3) is 6.62. The summed E-state index contributed by atoms with van der Waals surface area (Å²) in [6.45, 7) is 8.65. The topological polar surface area (TPSA) is 35.2 Å². The Labute approximate surface area is 131 Å². The number of benzene rings is 1. The van der Waals surface area contributed by atoms with E-state index in [9.17, 15) is 0 Å². The number of ether oxygens (including phenoxy) is 1. The first-order chi connectivity index (χ1) is 10.1. The lowest BCUT2D eigenvalue weighted by atomic mass is 10.0. The minimum Gasteiger partial charge on any atom is -0.374 e. The highest BCUT2D eigenvalue weighted by Gasteiger charge is 2.17. The molecule has 1 rings (SSSR count). The van der Waals surface area contributed by atoms with Crippen LogP contribution < -0.4 is 5.73 Å². The second kappa shape index (κ2) is 9.97. The Kier molecular flexibility index (Phi) is 8.63. The van der Waals surface area contributed by atoms with Gasteiger partial charge in [-0.2, -0.15) is 0 Å². The van der Waals surface area contributed by atoms with Gasteiger partial charge < -0.3 is 10.5 Å². The zero-order valence-electron chi connectivity index (χ0n) is 14.3. The smallest absolute Gasteiger partial charge is 0.0743 e. The number of nitrogens with two attached hydrogens (primary N) is 1. The molecule has 0 aliphatic carbocycles. The van der Waals surface area contributed by atoms with Gasteiger partial charge in [-0.25, -0.2) is 0 Å². The first-order valence-electron chi connectivity index (χ1n) is 8.58. The molecule has 3 unspecified atom stereocenters. The molecule has 120 valence electrons. The van der Waals surface area contributed by atoms with Gasteiger partial charge in [-0.3, -0.25) is 0 Å². The standard InChI is InChI=1S/C19H33NO/c1-5-7-8-9-10-15(3)21-16(4)19(20)18-13-11-17(6-2)12-14-18/h11-16,19H,5-10,20H2,1-4H3. The van der Waals surface area contributed by atoms with Crippen LogP contribution in [-0.2, 0) is 11.2 Å². The van der Waals surface area contributed by atoms with E-state index in [0.717, 1.165) is 18.4 Å². The third-order valence-corrected chi connectivity index (χ3v) is 4.19. The van der Waals surface area contributed by atoms with Crippen LogP contribution in [-0.4, -0.2) is 12.2 Å². The molecule has 0 aromatic heterocycles. The van der Waals surface area contributed by atoms with Crippen molar-refractivity contribution in [1.82, 2.24) is 0 Å². The van der Waals surface area contributed by atoms with E-state index in [0.29, 0.717) is 0 Å². The Morgan fingerprint density at radius 2 is 1.67 bits per heavy atom. The average Bonchev–Trinajstić information content (AvgIpc) is 2.51. The minimum absolute atomic E-state index is 0.0472. The fraction of sp³-hybridized carbons (Fsp3) is 0.684. The van der Waals surface area contributed by atoms with Gasteiger partial charge in [-0.05, 0) is 37.8 Å².